The highest BCUT2D eigenvalue weighted by Gasteiger charge is 2.26. The van der Waals surface area contributed by atoms with Gasteiger partial charge in [-0.05, 0) is 25.2 Å². The van der Waals surface area contributed by atoms with Crippen LogP contribution >= 0.6 is 0 Å². The summed E-state index contributed by atoms with van der Waals surface area (Å²) in [6, 6.07) is 8.53. The molecular formula is C24H31N9O3S. The zero-order valence-corrected chi connectivity index (χ0v) is 21.9. The lowest BCUT2D eigenvalue weighted by Gasteiger charge is -2.32. The largest absolute Gasteiger partial charge is 0.379 e. The van der Waals surface area contributed by atoms with Crippen molar-refractivity contribution >= 4 is 27.9 Å². The lowest BCUT2D eigenvalue weighted by Crippen LogP contribution is -2.45. The van der Waals surface area contributed by atoms with Gasteiger partial charge in [0.2, 0.25) is 27.9 Å². The Labute approximate surface area is 216 Å². The summed E-state index contributed by atoms with van der Waals surface area (Å²) in [6.45, 7) is 7.06. The van der Waals surface area contributed by atoms with Crippen molar-refractivity contribution in [3.63, 3.8) is 0 Å². The van der Waals surface area contributed by atoms with Crippen LogP contribution in [0.4, 0.5) is 17.8 Å². The third kappa shape index (κ3) is 5.85. The molecule has 0 spiro atoms. The van der Waals surface area contributed by atoms with E-state index in [0.717, 1.165) is 26.2 Å². The lowest BCUT2D eigenvalue weighted by atomic mass is 10.1. The number of likely N-dealkylation sites (N-methyl/N-ethyl adjacent to an activating group) is 1. The quantitative estimate of drug-likeness (QED) is 0.480. The first-order valence-electron chi connectivity index (χ1n) is 12.4. The molecular weight excluding hydrogens is 494 g/mol. The predicted octanol–water partition coefficient (Wildman–Crippen LogP) is 1.41. The van der Waals surface area contributed by atoms with E-state index in [9.17, 15) is 8.42 Å². The van der Waals surface area contributed by atoms with E-state index in [4.69, 9.17) is 4.74 Å². The molecule has 0 amide bonds. The number of morpholine rings is 1. The Morgan fingerprint density at radius 2 is 1.73 bits per heavy atom. The van der Waals surface area contributed by atoms with Gasteiger partial charge in [-0.2, -0.15) is 19.3 Å². The maximum atomic E-state index is 13.1. The zero-order chi connectivity index (χ0) is 25.8. The molecule has 2 saturated heterocycles. The second-order valence-electron chi connectivity index (χ2n) is 8.95. The average Bonchev–Trinajstić information content (AvgIpc) is 2.94. The molecule has 196 valence electrons. The average molecular weight is 526 g/mol. The van der Waals surface area contributed by atoms with Gasteiger partial charge in [-0.1, -0.05) is 19.1 Å². The third-order valence-corrected chi connectivity index (χ3v) is 8.28. The van der Waals surface area contributed by atoms with Crippen LogP contribution in [0.25, 0.3) is 11.3 Å². The number of hydrogen-bond acceptors (Lipinski definition) is 11. The molecule has 0 bridgehead atoms. The van der Waals surface area contributed by atoms with E-state index >= 15 is 0 Å². The van der Waals surface area contributed by atoms with E-state index in [1.807, 2.05) is 13.0 Å². The molecule has 37 heavy (non-hydrogen) atoms. The van der Waals surface area contributed by atoms with Gasteiger partial charge >= 0.3 is 0 Å². The van der Waals surface area contributed by atoms with Crippen molar-refractivity contribution in [1.29, 1.82) is 0 Å². The molecule has 2 aromatic heterocycles. The second-order valence-corrected chi connectivity index (χ2v) is 10.9. The van der Waals surface area contributed by atoms with Crippen LogP contribution in [-0.2, 0) is 21.2 Å². The SMILES string of the molecule is CCc1nc(Nc2nccc(-c3cccc(S(=O)(=O)N4CCOCC4)c3)n2)nc(N2CCN(C)CC2)n1. The monoisotopic (exact) mass is 525 g/mol. The number of anilines is 3. The van der Waals surface area contributed by atoms with Gasteiger partial charge in [-0.15, -0.1) is 0 Å². The number of sulfonamides is 1. The maximum absolute atomic E-state index is 13.1. The summed E-state index contributed by atoms with van der Waals surface area (Å²) < 4.78 is 33.0. The molecule has 2 fully saturated rings. The number of hydrogen-bond donors (Lipinski definition) is 1. The van der Waals surface area contributed by atoms with Gasteiger partial charge in [0.1, 0.15) is 5.82 Å². The Bertz CT molecular complexity index is 1340. The number of aromatic nitrogens is 5. The van der Waals surface area contributed by atoms with Gasteiger partial charge in [0.15, 0.2) is 0 Å². The summed E-state index contributed by atoms with van der Waals surface area (Å²) in [5.41, 5.74) is 1.25. The smallest absolute Gasteiger partial charge is 0.243 e. The number of aryl methyl sites for hydroxylation is 1. The summed E-state index contributed by atoms with van der Waals surface area (Å²) in [4.78, 5) is 27.3. The van der Waals surface area contributed by atoms with Crippen molar-refractivity contribution in [3.8, 4) is 11.3 Å². The Morgan fingerprint density at radius 1 is 0.946 bits per heavy atom. The minimum absolute atomic E-state index is 0.224. The first kappa shape index (κ1) is 25.4. The Morgan fingerprint density at radius 3 is 2.49 bits per heavy atom. The van der Waals surface area contributed by atoms with Gasteiger partial charge in [0.25, 0.3) is 0 Å². The molecule has 0 unspecified atom stereocenters. The first-order valence-corrected chi connectivity index (χ1v) is 13.8. The van der Waals surface area contributed by atoms with Crippen molar-refractivity contribution in [1.82, 2.24) is 34.1 Å². The summed E-state index contributed by atoms with van der Waals surface area (Å²) in [7, 11) is -1.51. The normalized spacial score (nSPS) is 17.6. The van der Waals surface area contributed by atoms with Gasteiger partial charge in [0, 0.05) is 57.4 Å². The molecule has 12 nitrogen and oxygen atoms in total. The van der Waals surface area contributed by atoms with Crippen LogP contribution < -0.4 is 10.2 Å². The highest BCUT2D eigenvalue weighted by Crippen LogP contribution is 2.25. The van der Waals surface area contributed by atoms with Crippen LogP contribution in [0.5, 0.6) is 0 Å². The van der Waals surface area contributed by atoms with Crippen molar-refractivity contribution < 1.29 is 13.2 Å². The molecule has 0 atom stereocenters. The summed E-state index contributed by atoms with van der Waals surface area (Å²) >= 11 is 0. The molecule has 0 radical (unpaired) electrons. The van der Waals surface area contributed by atoms with Crippen LogP contribution in [0.2, 0.25) is 0 Å². The highest BCUT2D eigenvalue weighted by molar-refractivity contribution is 7.89. The minimum atomic E-state index is -3.62. The Hall–Kier alpha value is -3.26. The summed E-state index contributed by atoms with van der Waals surface area (Å²) in [6.07, 6.45) is 2.29. The minimum Gasteiger partial charge on any atom is -0.379 e. The summed E-state index contributed by atoms with van der Waals surface area (Å²) in [5, 5.41) is 3.11. The Kier molecular flexibility index (Phi) is 7.55. The van der Waals surface area contributed by atoms with Crippen LogP contribution in [0.1, 0.15) is 12.7 Å². The highest BCUT2D eigenvalue weighted by atomic mass is 32.2. The van der Waals surface area contributed by atoms with Gasteiger partial charge in [-0.25, -0.2) is 18.4 Å². The number of nitrogens with one attached hydrogen (secondary N) is 1. The first-order chi connectivity index (χ1) is 17.9. The number of piperazine rings is 1. The molecule has 1 aromatic carbocycles. The number of ether oxygens (including phenoxy) is 1. The number of benzene rings is 1. The fourth-order valence-corrected chi connectivity index (χ4v) is 5.66. The van der Waals surface area contributed by atoms with Crippen LogP contribution in [-0.4, -0.2) is 102 Å². The predicted molar refractivity (Wildman–Crippen MR) is 139 cm³/mol. The molecule has 2 aliphatic heterocycles. The molecule has 0 aliphatic carbocycles. The summed E-state index contributed by atoms with van der Waals surface area (Å²) in [5.74, 6) is 2.02. The Balaban J connectivity index is 1.38. The van der Waals surface area contributed by atoms with Gasteiger partial charge in [-0.3, -0.25) is 5.32 Å². The molecule has 2 aliphatic rings. The van der Waals surface area contributed by atoms with Crippen LogP contribution in [0.15, 0.2) is 41.4 Å². The second kappa shape index (κ2) is 11.0. The fourth-order valence-electron chi connectivity index (χ4n) is 4.20. The van der Waals surface area contributed by atoms with Crippen molar-refractivity contribution in [3.05, 3.63) is 42.4 Å². The third-order valence-electron chi connectivity index (χ3n) is 6.39. The van der Waals surface area contributed by atoms with E-state index in [1.54, 1.807) is 30.5 Å². The van der Waals surface area contributed by atoms with Crippen molar-refractivity contribution in [2.24, 2.45) is 0 Å². The van der Waals surface area contributed by atoms with E-state index in [-0.39, 0.29) is 4.90 Å². The molecule has 1 N–H and O–H groups in total. The van der Waals surface area contributed by atoms with Crippen LogP contribution in [0.3, 0.4) is 0 Å². The van der Waals surface area contributed by atoms with Crippen molar-refractivity contribution in [2.75, 3.05) is 69.7 Å². The molecule has 0 saturated carbocycles. The number of rotatable bonds is 7. The standard InChI is InChI=1S/C24H31N9O3S/c1-3-21-27-23(30-24(28-21)32-11-9-31(2)10-12-32)29-22-25-8-7-20(26-22)18-5-4-6-19(17-18)37(34,35)33-13-15-36-16-14-33/h4-8,17H,3,9-16H2,1-2H3,(H,25,26,27,28,29,30). The van der Waals surface area contributed by atoms with Crippen molar-refractivity contribution in [2.45, 2.75) is 18.2 Å². The zero-order valence-electron chi connectivity index (χ0n) is 21.0. The van der Waals surface area contributed by atoms with E-state index in [1.165, 1.54) is 4.31 Å². The molecule has 4 heterocycles. The van der Waals surface area contributed by atoms with Gasteiger partial charge < -0.3 is 14.5 Å². The van der Waals surface area contributed by atoms with Gasteiger partial charge in [0.05, 0.1) is 23.8 Å². The van der Waals surface area contributed by atoms with E-state index in [2.05, 4.69) is 47.1 Å². The topological polar surface area (TPSA) is 130 Å². The lowest BCUT2D eigenvalue weighted by molar-refractivity contribution is 0.0730. The maximum Gasteiger partial charge on any atom is 0.243 e. The van der Waals surface area contributed by atoms with Crippen LogP contribution in [0, 0.1) is 0 Å². The van der Waals surface area contributed by atoms with E-state index < -0.39 is 10.0 Å². The number of nitrogens with zero attached hydrogens (tertiary/aromatic N) is 8. The molecule has 3 aromatic rings. The molecule has 5 rings (SSSR count). The fraction of sp³-hybridized carbons (Fsp3) is 0.458. The van der Waals surface area contributed by atoms with E-state index in [0.29, 0.717) is 67.7 Å². The molecule has 13 heteroatoms.